The van der Waals surface area contributed by atoms with Crippen LogP contribution in [0.1, 0.15) is 49.4 Å². The molecule has 0 fully saturated rings. The minimum atomic E-state index is 0.188. The minimum absolute atomic E-state index is 0.188. The van der Waals surface area contributed by atoms with Crippen molar-refractivity contribution in [1.82, 2.24) is 4.90 Å². The average molecular weight is 260 g/mol. The molecule has 0 amide bonds. The molecule has 0 aliphatic heterocycles. The summed E-state index contributed by atoms with van der Waals surface area (Å²) < 4.78 is 0. The number of aryl methyl sites for hydroxylation is 2. The van der Waals surface area contributed by atoms with Crippen molar-refractivity contribution in [3.05, 3.63) is 34.9 Å². The fourth-order valence-electron chi connectivity index (χ4n) is 3.00. The second-order valence-corrected chi connectivity index (χ2v) is 6.93. The van der Waals surface area contributed by atoms with Crippen molar-refractivity contribution in [3.63, 3.8) is 0 Å². The molecule has 2 N–H and O–H groups in total. The number of nitrogens with two attached hydrogens (primary N) is 1. The Morgan fingerprint density at radius 2 is 1.89 bits per heavy atom. The van der Waals surface area contributed by atoms with E-state index in [0.29, 0.717) is 6.04 Å². The lowest BCUT2D eigenvalue weighted by Crippen LogP contribution is -2.31. The van der Waals surface area contributed by atoms with Gasteiger partial charge in [0.15, 0.2) is 0 Å². The fourth-order valence-corrected chi connectivity index (χ4v) is 3.00. The van der Waals surface area contributed by atoms with Crippen LogP contribution in [0.3, 0.4) is 0 Å². The van der Waals surface area contributed by atoms with Gasteiger partial charge in [0.1, 0.15) is 0 Å². The molecule has 2 heteroatoms. The van der Waals surface area contributed by atoms with Gasteiger partial charge in [-0.25, -0.2) is 0 Å². The lowest BCUT2D eigenvalue weighted by atomic mass is 9.82. The third-order valence-electron chi connectivity index (χ3n) is 4.43. The first-order valence-electron chi connectivity index (χ1n) is 7.41. The predicted molar refractivity (Wildman–Crippen MR) is 82.3 cm³/mol. The van der Waals surface area contributed by atoms with E-state index in [1.165, 1.54) is 24.8 Å². The molecule has 1 aromatic rings. The highest BCUT2D eigenvalue weighted by atomic mass is 15.1. The Bertz CT molecular complexity index is 435. The molecule has 2 rings (SSSR count). The summed E-state index contributed by atoms with van der Waals surface area (Å²) in [6, 6.07) is 7.55. The molecule has 2 nitrogen and oxygen atoms in total. The molecule has 1 unspecified atom stereocenters. The lowest BCUT2D eigenvalue weighted by Gasteiger charge is -2.33. The highest BCUT2D eigenvalue weighted by molar-refractivity contribution is 5.36. The molecule has 1 aromatic carbocycles. The van der Waals surface area contributed by atoms with Crippen molar-refractivity contribution < 1.29 is 0 Å². The Hall–Kier alpha value is -0.860. The number of nitrogens with zero attached hydrogens (tertiary/aromatic N) is 1. The zero-order chi connectivity index (χ0) is 14.0. The molecule has 0 aromatic heterocycles. The van der Waals surface area contributed by atoms with E-state index < -0.39 is 0 Å². The summed E-state index contributed by atoms with van der Waals surface area (Å²) in [7, 11) is 4.34. The quantitative estimate of drug-likeness (QED) is 0.881. The number of hydrogen-bond donors (Lipinski definition) is 1. The van der Waals surface area contributed by atoms with E-state index >= 15 is 0 Å². The molecule has 0 saturated carbocycles. The minimum Gasteiger partial charge on any atom is -0.330 e. The van der Waals surface area contributed by atoms with Gasteiger partial charge >= 0.3 is 0 Å². The van der Waals surface area contributed by atoms with Crippen LogP contribution in [0.5, 0.6) is 0 Å². The zero-order valence-corrected chi connectivity index (χ0v) is 12.9. The van der Waals surface area contributed by atoms with Crippen molar-refractivity contribution in [2.45, 2.75) is 45.6 Å². The van der Waals surface area contributed by atoms with Crippen molar-refractivity contribution in [2.75, 3.05) is 20.6 Å². The molecular weight excluding hydrogens is 232 g/mol. The first kappa shape index (κ1) is 14.5. The van der Waals surface area contributed by atoms with Gasteiger partial charge in [0.25, 0.3) is 0 Å². The van der Waals surface area contributed by atoms with Crippen LogP contribution in [0.4, 0.5) is 0 Å². The molecule has 0 radical (unpaired) electrons. The molecule has 1 aliphatic rings. The lowest BCUT2D eigenvalue weighted by molar-refractivity contribution is 0.202. The van der Waals surface area contributed by atoms with E-state index in [0.717, 1.165) is 13.0 Å². The summed E-state index contributed by atoms with van der Waals surface area (Å²) in [6.45, 7) is 5.26. The van der Waals surface area contributed by atoms with Gasteiger partial charge in [-0.15, -0.1) is 0 Å². The van der Waals surface area contributed by atoms with Gasteiger partial charge in [-0.2, -0.15) is 0 Å². The third-order valence-corrected chi connectivity index (χ3v) is 4.43. The third kappa shape index (κ3) is 3.37. The monoisotopic (exact) mass is 260 g/mol. The maximum atomic E-state index is 5.90. The second-order valence-electron chi connectivity index (χ2n) is 6.93. The van der Waals surface area contributed by atoms with Crippen LogP contribution in [0.25, 0.3) is 0 Å². The molecule has 1 aliphatic carbocycles. The van der Waals surface area contributed by atoms with Crippen LogP contribution in [0, 0.1) is 5.41 Å². The summed E-state index contributed by atoms with van der Waals surface area (Å²) in [5.74, 6) is 0. The maximum absolute atomic E-state index is 5.90. The standard InChI is InChI=1S/C17H28N2/c1-17(2,12-18)11-16(19(3)4)15-9-8-13-6-5-7-14(13)10-15/h8-10,16H,5-7,11-12,18H2,1-4H3. The maximum Gasteiger partial charge on any atom is 0.0347 e. The second kappa shape index (κ2) is 5.64. The van der Waals surface area contributed by atoms with Gasteiger partial charge < -0.3 is 10.6 Å². The number of rotatable bonds is 5. The molecule has 106 valence electrons. The van der Waals surface area contributed by atoms with Crippen LogP contribution in [0.15, 0.2) is 18.2 Å². The summed E-state index contributed by atoms with van der Waals surface area (Å²) >= 11 is 0. The van der Waals surface area contributed by atoms with Gasteiger partial charge in [-0.05, 0) is 68.4 Å². The van der Waals surface area contributed by atoms with Crippen LogP contribution in [0.2, 0.25) is 0 Å². The summed E-state index contributed by atoms with van der Waals surface area (Å²) in [5, 5.41) is 0. The molecular formula is C17H28N2. The van der Waals surface area contributed by atoms with Crippen LogP contribution in [-0.4, -0.2) is 25.5 Å². The SMILES string of the molecule is CN(C)C(CC(C)(C)CN)c1ccc2c(c1)CCC2. The smallest absolute Gasteiger partial charge is 0.0347 e. The van der Waals surface area contributed by atoms with E-state index in [9.17, 15) is 0 Å². The van der Waals surface area contributed by atoms with Gasteiger partial charge in [0.05, 0.1) is 0 Å². The molecule has 19 heavy (non-hydrogen) atoms. The summed E-state index contributed by atoms with van der Waals surface area (Å²) in [6.07, 6.45) is 4.94. The first-order valence-corrected chi connectivity index (χ1v) is 7.41. The predicted octanol–water partition coefficient (Wildman–Crippen LogP) is 3.15. The van der Waals surface area contributed by atoms with Gasteiger partial charge in [-0.3, -0.25) is 0 Å². The average Bonchev–Trinajstić information content (AvgIpc) is 2.82. The van der Waals surface area contributed by atoms with Crippen LogP contribution >= 0.6 is 0 Å². The summed E-state index contributed by atoms with van der Waals surface area (Å²) in [5.41, 5.74) is 10.7. The Morgan fingerprint density at radius 3 is 2.53 bits per heavy atom. The van der Waals surface area contributed by atoms with E-state index in [2.05, 4.69) is 51.0 Å². The van der Waals surface area contributed by atoms with E-state index in [1.807, 2.05) is 0 Å². The largest absolute Gasteiger partial charge is 0.330 e. The number of hydrogen-bond acceptors (Lipinski definition) is 2. The van der Waals surface area contributed by atoms with Crippen molar-refractivity contribution in [1.29, 1.82) is 0 Å². The van der Waals surface area contributed by atoms with E-state index in [1.54, 1.807) is 11.1 Å². The Labute approximate surface area is 118 Å². The molecule has 0 heterocycles. The Balaban J connectivity index is 2.24. The molecule has 0 saturated heterocycles. The fraction of sp³-hybridized carbons (Fsp3) is 0.647. The van der Waals surface area contributed by atoms with Gasteiger partial charge in [-0.1, -0.05) is 32.0 Å². The topological polar surface area (TPSA) is 29.3 Å². The Kier molecular flexibility index (Phi) is 4.32. The molecule has 0 spiro atoms. The van der Waals surface area contributed by atoms with Crippen LogP contribution < -0.4 is 5.73 Å². The van der Waals surface area contributed by atoms with Crippen molar-refractivity contribution in [3.8, 4) is 0 Å². The number of fused-ring (bicyclic) bond motifs is 1. The Morgan fingerprint density at radius 1 is 1.21 bits per heavy atom. The summed E-state index contributed by atoms with van der Waals surface area (Å²) in [4.78, 5) is 2.33. The van der Waals surface area contributed by atoms with E-state index in [4.69, 9.17) is 5.73 Å². The van der Waals surface area contributed by atoms with Gasteiger partial charge in [0, 0.05) is 6.04 Å². The first-order chi connectivity index (χ1) is 8.93. The van der Waals surface area contributed by atoms with Crippen LogP contribution in [-0.2, 0) is 12.8 Å². The van der Waals surface area contributed by atoms with Gasteiger partial charge in [0.2, 0.25) is 0 Å². The van der Waals surface area contributed by atoms with E-state index in [-0.39, 0.29) is 5.41 Å². The molecule has 0 bridgehead atoms. The van der Waals surface area contributed by atoms with Crippen molar-refractivity contribution in [2.24, 2.45) is 11.1 Å². The zero-order valence-electron chi connectivity index (χ0n) is 12.9. The van der Waals surface area contributed by atoms with Crippen molar-refractivity contribution >= 4 is 0 Å². The normalized spacial score (nSPS) is 16.7. The molecule has 1 atom stereocenters. The number of benzene rings is 1. The highest BCUT2D eigenvalue weighted by Gasteiger charge is 2.25. The highest BCUT2D eigenvalue weighted by Crippen LogP contribution is 2.34.